The minimum atomic E-state index is -1.09. The first-order valence-corrected chi connectivity index (χ1v) is 24.6. The van der Waals surface area contributed by atoms with Crippen LogP contribution in [-0.4, -0.2) is 254 Å². The Morgan fingerprint density at radius 1 is 0.451 bits per heavy atom. The Kier molecular flexibility index (Phi) is 49.5. The number of carboxylic acids is 1. The van der Waals surface area contributed by atoms with Crippen LogP contribution < -0.4 is 15.8 Å². The summed E-state index contributed by atoms with van der Waals surface area (Å²) in [5, 5.41) is 11.7. The number of Topliss-reactive ketones (excluding diaryl/α,β-unsaturated/α-hetero) is 1. The Morgan fingerprint density at radius 2 is 0.775 bits per heavy atom. The van der Waals surface area contributed by atoms with Crippen molar-refractivity contribution in [3.8, 4) is 5.75 Å². The molecule has 0 spiro atoms. The van der Waals surface area contributed by atoms with E-state index in [-0.39, 0.29) is 37.6 Å². The molecule has 71 heavy (non-hydrogen) atoms. The van der Waals surface area contributed by atoms with E-state index in [0.29, 0.717) is 217 Å². The molecule has 0 heterocycles. The lowest BCUT2D eigenvalue weighted by Crippen LogP contribution is -2.42. The van der Waals surface area contributed by atoms with Gasteiger partial charge in [0.1, 0.15) is 5.75 Å². The van der Waals surface area contributed by atoms with E-state index < -0.39 is 18.6 Å². The molecule has 1 atom stereocenters. The number of carbonyl (C=O) groups excluding carboxylic acids is 2. The summed E-state index contributed by atoms with van der Waals surface area (Å²) in [5.41, 5.74) is 6.14. The number of nitrogens with two attached hydrogens (primary N) is 1. The standard InChI is InChI=1S/C48H86N2O21/c1-55-13-14-59-21-22-63-27-28-65-31-32-67-35-36-69-39-40-70-38-37-68-34-33-66-30-29-64-26-23-60-18-15-56-10-2-3-46(51)45(41-43-4-6-44(7-5-43)71-42-48(53)54)50-47(52)8-11-57-16-19-61-24-25-62-20-17-58-12-9-49/h4-7,45H,2-3,8-42,49H2,1H3,(H,50,52)(H,53,54). The predicted octanol–water partition coefficient (Wildman–Crippen LogP) is 0.771. The smallest absolute Gasteiger partial charge is 0.341 e. The van der Waals surface area contributed by atoms with E-state index in [1.165, 1.54) is 0 Å². The number of hydrogen-bond acceptors (Lipinski definition) is 21. The van der Waals surface area contributed by atoms with Crippen molar-refractivity contribution in [2.75, 3.05) is 225 Å². The zero-order valence-corrected chi connectivity index (χ0v) is 42.2. The number of amides is 1. The highest BCUT2D eigenvalue weighted by Crippen LogP contribution is 2.15. The molecule has 1 aromatic carbocycles. The maximum atomic E-state index is 13.3. The van der Waals surface area contributed by atoms with Crippen LogP contribution in [0.3, 0.4) is 0 Å². The van der Waals surface area contributed by atoms with Gasteiger partial charge in [-0.25, -0.2) is 4.79 Å². The number of benzene rings is 1. The normalized spacial score (nSPS) is 11.9. The van der Waals surface area contributed by atoms with Gasteiger partial charge in [-0.1, -0.05) is 12.1 Å². The van der Waals surface area contributed by atoms with Crippen LogP contribution in [0.4, 0.5) is 0 Å². The van der Waals surface area contributed by atoms with E-state index >= 15 is 0 Å². The summed E-state index contributed by atoms with van der Waals surface area (Å²) >= 11 is 0. The summed E-state index contributed by atoms with van der Waals surface area (Å²) in [7, 11) is 1.64. The van der Waals surface area contributed by atoms with Gasteiger partial charge in [-0.3, -0.25) is 9.59 Å². The average Bonchev–Trinajstić information content (AvgIpc) is 3.37. The van der Waals surface area contributed by atoms with Crippen molar-refractivity contribution >= 4 is 17.7 Å². The highest BCUT2D eigenvalue weighted by atomic mass is 16.6. The average molecular weight is 1030 g/mol. The van der Waals surface area contributed by atoms with Gasteiger partial charge in [0, 0.05) is 33.1 Å². The van der Waals surface area contributed by atoms with Gasteiger partial charge in [0.05, 0.1) is 204 Å². The molecule has 0 fully saturated rings. The van der Waals surface area contributed by atoms with Crippen molar-refractivity contribution in [2.24, 2.45) is 5.73 Å². The first kappa shape index (κ1) is 66.0. The zero-order chi connectivity index (χ0) is 51.2. The van der Waals surface area contributed by atoms with Crippen LogP contribution in [0.15, 0.2) is 24.3 Å². The fraction of sp³-hybridized carbons (Fsp3) is 0.812. The third kappa shape index (κ3) is 47.7. The zero-order valence-electron chi connectivity index (χ0n) is 42.2. The largest absolute Gasteiger partial charge is 0.482 e. The summed E-state index contributed by atoms with van der Waals surface area (Å²) in [6.45, 7) is 13.8. The van der Waals surface area contributed by atoms with Gasteiger partial charge in [-0.15, -0.1) is 0 Å². The van der Waals surface area contributed by atoms with Crippen LogP contribution in [0.25, 0.3) is 0 Å². The number of nitrogens with one attached hydrogen (secondary N) is 1. The molecule has 1 aromatic rings. The van der Waals surface area contributed by atoms with E-state index in [0.717, 1.165) is 5.56 Å². The molecular weight excluding hydrogens is 941 g/mol. The Hall–Kier alpha value is -3.05. The Morgan fingerprint density at radius 3 is 1.11 bits per heavy atom. The second kappa shape index (κ2) is 53.2. The minimum Gasteiger partial charge on any atom is -0.482 e. The number of aliphatic carboxylic acids is 1. The number of ketones is 1. The fourth-order valence-corrected chi connectivity index (χ4v) is 5.59. The summed E-state index contributed by atoms with van der Waals surface area (Å²) in [6, 6.07) is 5.93. The first-order chi connectivity index (χ1) is 35.0. The third-order valence-corrected chi connectivity index (χ3v) is 9.16. The number of rotatable bonds is 58. The summed E-state index contributed by atoms with van der Waals surface area (Å²) in [4.78, 5) is 37.0. The number of methoxy groups -OCH3 is 1. The number of ether oxygens (including phenoxy) is 17. The first-order valence-electron chi connectivity index (χ1n) is 24.6. The van der Waals surface area contributed by atoms with E-state index in [9.17, 15) is 14.4 Å². The molecule has 0 bridgehead atoms. The van der Waals surface area contributed by atoms with Crippen LogP contribution in [0.2, 0.25) is 0 Å². The molecule has 0 aliphatic rings. The van der Waals surface area contributed by atoms with E-state index in [1.807, 2.05) is 0 Å². The quantitative estimate of drug-likeness (QED) is 0.0761. The van der Waals surface area contributed by atoms with Crippen molar-refractivity contribution < 1.29 is 100 Å². The van der Waals surface area contributed by atoms with Gasteiger partial charge in [-0.2, -0.15) is 0 Å². The van der Waals surface area contributed by atoms with Gasteiger partial charge in [0.2, 0.25) is 5.91 Å². The molecule has 4 N–H and O–H groups in total. The lowest BCUT2D eigenvalue weighted by atomic mass is 9.99. The molecule has 23 nitrogen and oxygen atoms in total. The second-order valence-corrected chi connectivity index (χ2v) is 14.9. The molecule has 0 aliphatic carbocycles. The molecule has 23 heteroatoms. The molecule has 0 saturated carbocycles. The van der Waals surface area contributed by atoms with E-state index in [4.69, 9.17) is 91.4 Å². The summed E-state index contributed by atoms with van der Waals surface area (Å²) < 4.78 is 92.2. The molecule has 0 radical (unpaired) electrons. The van der Waals surface area contributed by atoms with Crippen LogP contribution >= 0.6 is 0 Å². The highest BCUT2D eigenvalue weighted by molar-refractivity contribution is 5.89. The van der Waals surface area contributed by atoms with Crippen molar-refractivity contribution in [3.05, 3.63) is 29.8 Å². The third-order valence-electron chi connectivity index (χ3n) is 9.16. The summed E-state index contributed by atoms with van der Waals surface area (Å²) in [6.07, 6.45) is 0.962. The monoisotopic (exact) mass is 1030 g/mol. The molecule has 1 amide bonds. The molecule has 0 saturated heterocycles. The second-order valence-electron chi connectivity index (χ2n) is 14.9. The lowest BCUT2D eigenvalue weighted by molar-refractivity contribution is -0.139. The number of hydrogen-bond donors (Lipinski definition) is 3. The Bertz CT molecular complexity index is 1320. The van der Waals surface area contributed by atoms with Gasteiger partial charge in [0.15, 0.2) is 12.4 Å². The van der Waals surface area contributed by atoms with Crippen LogP contribution in [0.1, 0.15) is 24.8 Å². The number of carboxylic acid groups (broad SMARTS) is 1. The Labute approximate surface area is 420 Å². The van der Waals surface area contributed by atoms with Crippen LogP contribution in [0.5, 0.6) is 5.75 Å². The number of carbonyl (C=O) groups is 3. The topological polar surface area (TPSA) is 266 Å². The van der Waals surface area contributed by atoms with Crippen LogP contribution in [0, 0.1) is 0 Å². The highest BCUT2D eigenvalue weighted by Gasteiger charge is 2.21. The van der Waals surface area contributed by atoms with E-state index in [2.05, 4.69) is 5.32 Å². The molecule has 1 rings (SSSR count). The van der Waals surface area contributed by atoms with Crippen molar-refractivity contribution in [2.45, 2.75) is 31.7 Å². The van der Waals surface area contributed by atoms with Gasteiger partial charge < -0.3 is 96.7 Å². The maximum Gasteiger partial charge on any atom is 0.341 e. The lowest BCUT2D eigenvalue weighted by Gasteiger charge is -2.18. The van der Waals surface area contributed by atoms with Crippen molar-refractivity contribution in [3.63, 3.8) is 0 Å². The van der Waals surface area contributed by atoms with Crippen molar-refractivity contribution in [1.29, 1.82) is 0 Å². The SMILES string of the molecule is COCCOCCOCCOCCOCCOCCOCCOCCOCCOCCOCCOCCCC(=O)C(Cc1ccc(OCC(=O)O)cc1)NC(=O)CCOCCOCCOCCOCCN. The summed E-state index contributed by atoms with van der Waals surface area (Å²) in [5.74, 6) is -1.17. The molecule has 1 unspecified atom stereocenters. The van der Waals surface area contributed by atoms with Gasteiger partial charge in [0.25, 0.3) is 0 Å². The molecule has 414 valence electrons. The fourth-order valence-electron chi connectivity index (χ4n) is 5.59. The molecule has 0 aliphatic heterocycles. The predicted molar refractivity (Wildman–Crippen MR) is 257 cm³/mol. The van der Waals surface area contributed by atoms with Gasteiger partial charge in [-0.05, 0) is 30.5 Å². The maximum absolute atomic E-state index is 13.3. The van der Waals surface area contributed by atoms with Crippen molar-refractivity contribution in [1.82, 2.24) is 5.32 Å². The van der Waals surface area contributed by atoms with Gasteiger partial charge >= 0.3 is 5.97 Å². The molecule has 0 aromatic heterocycles. The minimum absolute atomic E-state index is 0.0639. The Balaban J connectivity index is 2.01. The van der Waals surface area contributed by atoms with E-state index in [1.54, 1.807) is 31.4 Å². The molecular formula is C48H86N2O21. The van der Waals surface area contributed by atoms with Crippen LogP contribution in [-0.2, 0) is 96.6 Å².